The van der Waals surface area contributed by atoms with Crippen LogP contribution in [-0.2, 0) is 0 Å². The van der Waals surface area contributed by atoms with E-state index >= 15 is 0 Å². The Kier molecular flexibility index (Phi) is 4.20. The Balaban J connectivity index is 2.29. The molecule has 0 aromatic heterocycles. The molecule has 0 bridgehead atoms. The first-order chi connectivity index (χ1) is 9.04. The van der Waals surface area contributed by atoms with Crippen LogP contribution in [0.1, 0.15) is 36.0 Å². The molecule has 1 aliphatic carbocycles. The minimum Gasteiger partial charge on any atom is -0.496 e. The summed E-state index contributed by atoms with van der Waals surface area (Å²) in [7, 11) is 3.36. The third-order valence-corrected chi connectivity index (χ3v) is 4.07. The first-order valence-electron chi connectivity index (χ1n) is 6.44. The number of amides is 1. The zero-order valence-corrected chi connectivity index (χ0v) is 12.0. The van der Waals surface area contributed by atoms with Gasteiger partial charge in [-0.1, -0.05) is 24.4 Å². The molecule has 1 aromatic carbocycles. The summed E-state index contributed by atoms with van der Waals surface area (Å²) in [5.74, 6) is 0.405. The van der Waals surface area contributed by atoms with E-state index in [0.717, 1.165) is 12.8 Å². The van der Waals surface area contributed by atoms with Crippen LogP contribution in [0.2, 0.25) is 5.02 Å². The third kappa shape index (κ3) is 2.78. The van der Waals surface area contributed by atoms with Gasteiger partial charge < -0.3 is 15.4 Å². The summed E-state index contributed by atoms with van der Waals surface area (Å²) in [6.07, 6.45) is 4.49. The lowest BCUT2D eigenvalue weighted by molar-refractivity contribution is 0.0732. The average Bonchev–Trinajstić information content (AvgIpc) is 2.93. The number of anilines is 1. The lowest BCUT2D eigenvalue weighted by Gasteiger charge is -2.25. The third-order valence-electron chi connectivity index (χ3n) is 3.74. The maximum absolute atomic E-state index is 12.5. The molecule has 0 saturated heterocycles. The van der Waals surface area contributed by atoms with Crippen LogP contribution in [0.5, 0.6) is 5.75 Å². The molecule has 0 aliphatic heterocycles. The Hall–Kier alpha value is -1.42. The molecule has 1 aromatic rings. The van der Waals surface area contributed by atoms with Crippen LogP contribution in [0.15, 0.2) is 12.1 Å². The van der Waals surface area contributed by atoms with Gasteiger partial charge in [0.2, 0.25) is 0 Å². The number of benzene rings is 1. The summed E-state index contributed by atoms with van der Waals surface area (Å²) in [4.78, 5) is 14.3. The number of carbonyl (C=O) groups excluding carboxylic acids is 1. The number of nitrogens with zero attached hydrogens (tertiary/aromatic N) is 1. The van der Waals surface area contributed by atoms with E-state index in [2.05, 4.69) is 0 Å². The number of ether oxygens (including phenoxy) is 1. The van der Waals surface area contributed by atoms with Crippen molar-refractivity contribution in [3.05, 3.63) is 22.7 Å². The highest BCUT2D eigenvalue weighted by molar-refractivity contribution is 6.33. The molecule has 104 valence electrons. The van der Waals surface area contributed by atoms with Crippen LogP contribution < -0.4 is 10.5 Å². The maximum Gasteiger partial charge on any atom is 0.257 e. The van der Waals surface area contributed by atoms with Gasteiger partial charge in [-0.2, -0.15) is 0 Å². The van der Waals surface area contributed by atoms with Crippen LogP contribution in [0.4, 0.5) is 5.69 Å². The Labute approximate surface area is 118 Å². The van der Waals surface area contributed by atoms with E-state index < -0.39 is 0 Å². The quantitative estimate of drug-likeness (QED) is 0.867. The number of methoxy groups -OCH3 is 1. The first-order valence-corrected chi connectivity index (χ1v) is 6.82. The van der Waals surface area contributed by atoms with Crippen LogP contribution >= 0.6 is 11.6 Å². The highest BCUT2D eigenvalue weighted by atomic mass is 35.5. The van der Waals surface area contributed by atoms with Gasteiger partial charge in [0.05, 0.1) is 23.4 Å². The second-order valence-electron chi connectivity index (χ2n) is 4.93. The molecule has 1 saturated carbocycles. The fourth-order valence-electron chi connectivity index (χ4n) is 2.55. The molecule has 2 N–H and O–H groups in total. The Morgan fingerprint density at radius 3 is 2.63 bits per heavy atom. The van der Waals surface area contributed by atoms with Gasteiger partial charge in [-0.15, -0.1) is 0 Å². The second-order valence-corrected chi connectivity index (χ2v) is 5.34. The largest absolute Gasteiger partial charge is 0.496 e. The predicted octanol–water partition coefficient (Wildman–Crippen LogP) is 2.95. The first kappa shape index (κ1) is 14.0. The van der Waals surface area contributed by atoms with E-state index in [0.29, 0.717) is 28.1 Å². The molecule has 0 spiro atoms. The van der Waals surface area contributed by atoms with Gasteiger partial charge in [-0.05, 0) is 18.9 Å². The monoisotopic (exact) mass is 282 g/mol. The molecule has 5 heteroatoms. The lowest BCUT2D eigenvalue weighted by atomic mass is 10.1. The van der Waals surface area contributed by atoms with Crippen LogP contribution in [0.3, 0.4) is 0 Å². The molecule has 0 unspecified atom stereocenters. The number of nitrogens with two attached hydrogens (primary N) is 1. The normalized spacial score (nSPS) is 15.5. The molecule has 19 heavy (non-hydrogen) atoms. The predicted molar refractivity (Wildman–Crippen MR) is 76.8 cm³/mol. The number of hydrogen-bond acceptors (Lipinski definition) is 3. The molecule has 4 nitrogen and oxygen atoms in total. The van der Waals surface area contributed by atoms with Crippen LogP contribution in [-0.4, -0.2) is 31.0 Å². The Morgan fingerprint density at radius 2 is 2.05 bits per heavy atom. The van der Waals surface area contributed by atoms with E-state index in [1.165, 1.54) is 20.0 Å². The van der Waals surface area contributed by atoms with Gasteiger partial charge in [0, 0.05) is 19.2 Å². The standard InChI is InChI=1S/C14H19ClN2O2/c1-17(9-5-3-4-6-9)14(18)10-7-11(15)12(16)8-13(10)19-2/h7-9H,3-6,16H2,1-2H3. The number of halogens is 1. The van der Waals surface area contributed by atoms with Crippen molar-refractivity contribution in [1.82, 2.24) is 4.90 Å². The second kappa shape index (κ2) is 5.70. The molecule has 1 fully saturated rings. The summed E-state index contributed by atoms with van der Waals surface area (Å²) in [5, 5.41) is 0.379. The van der Waals surface area contributed by atoms with E-state index in [1.54, 1.807) is 17.0 Å². The molecule has 0 heterocycles. The van der Waals surface area contributed by atoms with Gasteiger partial charge in [0.15, 0.2) is 0 Å². The van der Waals surface area contributed by atoms with Gasteiger partial charge >= 0.3 is 0 Å². The highest BCUT2D eigenvalue weighted by Gasteiger charge is 2.26. The van der Waals surface area contributed by atoms with Crippen molar-refractivity contribution < 1.29 is 9.53 Å². The van der Waals surface area contributed by atoms with Crippen molar-refractivity contribution in [3.63, 3.8) is 0 Å². The minimum absolute atomic E-state index is 0.0642. The highest BCUT2D eigenvalue weighted by Crippen LogP contribution is 2.31. The summed E-state index contributed by atoms with van der Waals surface area (Å²) in [6.45, 7) is 0. The fraction of sp³-hybridized carbons (Fsp3) is 0.500. The number of nitrogen functional groups attached to an aromatic ring is 1. The Bertz CT molecular complexity index is 485. The minimum atomic E-state index is -0.0642. The summed E-state index contributed by atoms with van der Waals surface area (Å²) in [6, 6.07) is 3.50. The van der Waals surface area contributed by atoms with Crippen molar-refractivity contribution in [1.29, 1.82) is 0 Å². The van der Waals surface area contributed by atoms with Gasteiger partial charge in [-0.3, -0.25) is 4.79 Å². The van der Waals surface area contributed by atoms with Crippen molar-refractivity contribution >= 4 is 23.2 Å². The van der Waals surface area contributed by atoms with E-state index in [1.807, 2.05) is 7.05 Å². The smallest absolute Gasteiger partial charge is 0.257 e. The average molecular weight is 283 g/mol. The molecule has 1 amide bonds. The van der Waals surface area contributed by atoms with Gasteiger partial charge in [0.25, 0.3) is 5.91 Å². The molecular weight excluding hydrogens is 264 g/mol. The zero-order chi connectivity index (χ0) is 14.0. The van der Waals surface area contributed by atoms with Crippen molar-refractivity contribution in [2.45, 2.75) is 31.7 Å². The number of rotatable bonds is 3. The van der Waals surface area contributed by atoms with Crippen LogP contribution in [0.25, 0.3) is 0 Å². The molecular formula is C14H19ClN2O2. The summed E-state index contributed by atoms with van der Waals surface area (Å²) >= 11 is 6.00. The van der Waals surface area contributed by atoms with Crippen molar-refractivity contribution in [3.8, 4) is 5.75 Å². The SMILES string of the molecule is COc1cc(N)c(Cl)cc1C(=O)N(C)C1CCCC1. The van der Waals surface area contributed by atoms with E-state index in [4.69, 9.17) is 22.1 Å². The van der Waals surface area contributed by atoms with E-state index in [-0.39, 0.29) is 5.91 Å². The molecule has 2 rings (SSSR count). The zero-order valence-electron chi connectivity index (χ0n) is 11.3. The summed E-state index contributed by atoms with van der Waals surface area (Å²) in [5.41, 5.74) is 6.61. The molecule has 0 atom stereocenters. The lowest BCUT2D eigenvalue weighted by Crippen LogP contribution is -2.35. The molecule has 0 radical (unpaired) electrons. The fourth-order valence-corrected chi connectivity index (χ4v) is 2.72. The Morgan fingerprint density at radius 1 is 1.42 bits per heavy atom. The number of hydrogen-bond donors (Lipinski definition) is 1. The topological polar surface area (TPSA) is 55.6 Å². The maximum atomic E-state index is 12.5. The summed E-state index contributed by atoms with van der Waals surface area (Å²) < 4.78 is 5.23. The number of carbonyl (C=O) groups is 1. The van der Waals surface area contributed by atoms with Crippen molar-refractivity contribution in [2.75, 3.05) is 19.9 Å². The van der Waals surface area contributed by atoms with Gasteiger partial charge in [0.1, 0.15) is 5.75 Å². The van der Waals surface area contributed by atoms with Crippen molar-refractivity contribution in [2.24, 2.45) is 0 Å². The van der Waals surface area contributed by atoms with E-state index in [9.17, 15) is 4.79 Å². The molecule has 1 aliphatic rings. The van der Waals surface area contributed by atoms with Crippen LogP contribution in [0, 0.1) is 0 Å². The van der Waals surface area contributed by atoms with Gasteiger partial charge in [-0.25, -0.2) is 0 Å².